The number of aliphatic imine (C=N–C) groups is 1. The van der Waals surface area contributed by atoms with E-state index in [9.17, 15) is 0 Å². The third-order valence-corrected chi connectivity index (χ3v) is 2.66. The van der Waals surface area contributed by atoms with E-state index in [0.29, 0.717) is 12.5 Å². The molecular weight excluding hydrogens is 365 g/mol. The Morgan fingerprint density at radius 2 is 2.00 bits per heavy atom. The summed E-state index contributed by atoms with van der Waals surface area (Å²) < 4.78 is 5.31. The van der Waals surface area contributed by atoms with E-state index in [1.165, 1.54) is 5.56 Å². The number of nitrogens with zero attached hydrogens (tertiary/aromatic N) is 1. The van der Waals surface area contributed by atoms with Crippen molar-refractivity contribution >= 4 is 29.9 Å². The Balaban J connectivity index is 0.00000361. The van der Waals surface area contributed by atoms with Crippen LogP contribution in [-0.2, 0) is 6.42 Å². The first-order valence-electron chi connectivity index (χ1n) is 6.53. The molecule has 5 heteroatoms. The fourth-order valence-electron chi connectivity index (χ4n) is 1.75. The number of guanidine groups is 1. The molecule has 0 aliphatic rings. The van der Waals surface area contributed by atoms with Gasteiger partial charge < -0.3 is 15.8 Å². The Kier molecular flexibility index (Phi) is 7.93. The lowest BCUT2D eigenvalue weighted by molar-refractivity contribution is 0.411. The van der Waals surface area contributed by atoms with Crippen LogP contribution in [0.1, 0.15) is 31.9 Å². The van der Waals surface area contributed by atoms with Gasteiger partial charge in [0, 0.05) is 12.1 Å². The molecule has 114 valence electrons. The predicted molar refractivity (Wildman–Crippen MR) is 96.2 cm³/mol. The second-order valence-electron chi connectivity index (χ2n) is 5.70. The Hall–Kier alpha value is -0.980. The van der Waals surface area contributed by atoms with Crippen molar-refractivity contribution in [3.8, 4) is 5.75 Å². The summed E-state index contributed by atoms with van der Waals surface area (Å²) in [6.07, 6.45) is 0.850. The number of hydrogen-bond donors (Lipinski definition) is 2. The summed E-state index contributed by atoms with van der Waals surface area (Å²) in [6.45, 7) is 8.87. The van der Waals surface area contributed by atoms with E-state index in [1.54, 1.807) is 7.11 Å². The van der Waals surface area contributed by atoms with Crippen LogP contribution in [0, 0.1) is 6.92 Å². The monoisotopic (exact) mass is 391 g/mol. The molecule has 0 atom stereocenters. The zero-order valence-corrected chi connectivity index (χ0v) is 15.3. The molecule has 0 bridgehead atoms. The lowest BCUT2D eigenvalue weighted by atomic mass is 10.1. The van der Waals surface area contributed by atoms with Crippen LogP contribution < -0.4 is 15.8 Å². The van der Waals surface area contributed by atoms with Crippen LogP contribution >= 0.6 is 24.0 Å². The van der Waals surface area contributed by atoms with Crippen LogP contribution in [0.3, 0.4) is 0 Å². The van der Waals surface area contributed by atoms with Crippen molar-refractivity contribution in [3.63, 3.8) is 0 Å². The zero-order chi connectivity index (χ0) is 14.5. The fraction of sp³-hybridized carbons (Fsp3) is 0.533. The molecule has 0 amide bonds. The lowest BCUT2D eigenvalue weighted by Crippen LogP contribution is -2.45. The van der Waals surface area contributed by atoms with Gasteiger partial charge in [-0.25, -0.2) is 0 Å². The highest BCUT2D eigenvalue weighted by Crippen LogP contribution is 2.19. The summed E-state index contributed by atoms with van der Waals surface area (Å²) in [6, 6.07) is 6.22. The van der Waals surface area contributed by atoms with Gasteiger partial charge in [0.1, 0.15) is 5.75 Å². The first-order chi connectivity index (χ1) is 8.81. The van der Waals surface area contributed by atoms with Gasteiger partial charge in [-0.2, -0.15) is 0 Å². The van der Waals surface area contributed by atoms with Gasteiger partial charge in [-0.3, -0.25) is 4.99 Å². The number of nitrogens with two attached hydrogens (primary N) is 1. The van der Waals surface area contributed by atoms with Crippen LogP contribution in [-0.4, -0.2) is 25.2 Å². The van der Waals surface area contributed by atoms with E-state index in [4.69, 9.17) is 10.5 Å². The number of benzene rings is 1. The molecule has 3 N–H and O–H groups in total. The largest absolute Gasteiger partial charge is 0.496 e. The van der Waals surface area contributed by atoms with Crippen molar-refractivity contribution in [2.24, 2.45) is 10.7 Å². The van der Waals surface area contributed by atoms with Gasteiger partial charge in [0.25, 0.3) is 0 Å². The second kappa shape index (κ2) is 8.34. The third-order valence-electron chi connectivity index (χ3n) is 2.66. The molecule has 0 unspecified atom stereocenters. The Bertz CT molecular complexity index is 453. The number of methoxy groups -OCH3 is 1. The predicted octanol–water partition coefficient (Wildman–Crippen LogP) is 2.87. The minimum absolute atomic E-state index is 0. The average molecular weight is 391 g/mol. The van der Waals surface area contributed by atoms with E-state index >= 15 is 0 Å². The quantitative estimate of drug-likeness (QED) is 0.472. The summed E-state index contributed by atoms with van der Waals surface area (Å²) in [5, 5.41) is 3.14. The van der Waals surface area contributed by atoms with Gasteiger partial charge in [0.05, 0.1) is 7.11 Å². The van der Waals surface area contributed by atoms with E-state index < -0.39 is 0 Å². The molecule has 4 nitrogen and oxygen atoms in total. The maximum absolute atomic E-state index is 5.82. The van der Waals surface area contributed by atoms with Crippen molar-refractivity contribution in [2.45, 2.75) is 39.7 Å². The standard InChI is InChI=1S/C15H25N3O.HI/c1-11-6-7-12(10-13(11)19-5)8-9-17-14(16)18-15(2,3)4;/h6-7,10H,8-9H2,1-5H3,(H3,16,17,18);1H. The first-order valence-corrected chi connectivity index (χ1v) is 6.53. The maximum atomic E-state index is 5.82. The summed E-state index contributed by atoms with van der Waals surface area (Å²) in [4.78, 5) is 4.33. The fourth-order valence-corrected chi connectivity index (χ4v) is 1.75. The van der Waals surface area contributed by atoms with Crippen molar-refractivity contribution < 1.29 is 4.74 Å². The van der Waals surface area contributed by atoms with Gasteiger partial charge in [0.15, 0.2) is 5.96 Å². The molecule has 0 aliphatic carbocycles. The molecule has 0 heterocycles. The van der Waals surface area contributed by atoms with Gasteiger partial charge in [-0.05, 0) is 51.3 Å². The molecule has 20 heavy (non-hydrogen) atoms. The minimum Gasteiger partial charge on any atom is -0.496 e. The second-order valence-corrected chi connectivity index (χ2v) is 5.70. The Labute approximate surface area is 139 Å². The van der Waals surface area contributed by atoms with Gasteiger partial charge in [-0.1, -0.05) is 12.1 Å². The van der Waals surface area contributed by atoms with Crippen molar-refractivity contribution in [3.05, 3.63) is 29.3 Å². The summed E-state index contributed by atoms with van der Waals surface area (Å²) in [7, 11) is 1.69. The zero-order valence-electron chi connectivity index (χ0n) is 13.0. The average Bonchev–Trinajstić information content (AvgIpc) is 2.29. The number of halogens is 1. The van der Waals surface area contributed by atoms with E-state index in [1.807, 2.05) is 6.92 Å². The smallest absolute Gasteiger partial charge is 0.188 e. The van der Waals surface area contributed by atoms with Crippen LogP contribution in [0.25, 0.3) is 0 Å². The normalized spacial score (nSPS) is 11.8. The number of hydrogen-bond acceptors (Lipinski definition) is 2. The van der Waals surface area contributed by atoms with Crippen LogP contribution in [0.2, 0.25) is 0 Å². The molecule has 1 aromatic carbocycles. The van der Waals surface area contributed by atoms with Crippen molar-refractivity contribution in [1.29, 1.82) is 0 Å². The highest BCUT2D eigenvalue weighted by Gasteiger charge is 2.09. The van der Waals surface area contributed by atoms with E-state index in [-0.39, 0.29) is 29.5 Å². The molecule has 1 aromatic rings. The molecule has 0 saturated heterocycles. The molecule has 0 aromatic heterocycles. The lowest BCUT2D eigenvalue weighted by Gasteiger charge is -2.20. The Morgan fingerprint density at radius 3 is 2.55 bits per heavy atom. The topological polar surface area (TPSA) is 59.6 Å². The van der Waals surface area contributed by atoms with Crippen LogP contribution in [0.4, 0.5) is 0 Å². The molecule has 0 spiro atoms. The number of nitrogens with one attached hydrogen (secondary N) is 1. The minimum atomic E-state index is -0.0549. The van der Waals surface area contributed by atoms with E-state index in [2.05, 4.69) is 49.3 Å². The highest BCUT2D eigenvalue weighted by atomic mass is 127. The summed E-state index contributed by atoms with van der Waals surface area (Å²) in [5.41, 5.74) is 8.11. The van der Waals surface area contributed by atoms with Crippen LogP contribution in [0.15, 0.2) is 23.2 Å². The van der Waals surface area contributed by atoms with Gasteiger partial charge >= 0.3 is 0 Å². The Morgan fingerprint density at radius 1 is 1.35 bits per heavy atom. The summed E-state index contributed by atoms with van der Waals surface area (Å²) in [5.74, 6) is 1.41. The molecule has 1 rings (SSSR count). The van der Waals surface area contributed by atoms with Crippen LogP contribution in [0.5, 0.6) is 5.75 Å². The van der Waals surface area contributed by atoms with E-state index in [0.717, 1.165) is 17.7 Å². The highest BCUT2D eigenvalue weighted by molar-refractivity contribution is 14.0. The summed E-state index contributed by atoms with van der Waals surface area (Å²) >= 11 is 0. The molecule has 0 saturated carbocycles. The molecular formula is C15H26IN3O. The third kappa shape index (κ3) is 6.98. The van der Waals surface area contributed by atoms with Crippen molar-refractivity contribution in [2.75, 3.05) is 13.7 Å². The van der Waals surface area contributed by atoms with Gasteiger partial charge in [0.2, 0.25) is 0 Å². The number of aryl methyl sites for hydroxylation is 1. The molecule has 0 radical (unpaired) electrons. The van der Waals surface area contributed by atoms with Crippen molar-refractivity contribution in [1.82, 2.24) is 5.32 Å². The molecule has 0 aliphatic heterocycles. The SMILES string of the molecule is COc1cc(CCN=C(N)NC(C)(C)C)ccc1C.I. The number of rotatable bonds is 4. The first kappa shape index (κ1) is 19.0. The maximum Gasteiger partial charge on any atom is 0.188 e. The van der Waals surface area contributed by atoms with Gasteiger partial charge in [-0.15, -0.1) is 24.0 Å². The molecule has 0 fully saturated rings. The number of ether oxygens (including phenoxy) is 1.